The monoisotopic (exact) mass is 350 g/mol. The largest absolute Gasteiger partial charge is 0.493 e. The van der Waals surface area contributed by atoms with Crippen molar-refractivity contribution in [3.05, 3.63) is 46.2 Å². The number of ether oxygens (including phenoxy) is 2. The van der Waals surface area contributed by atoms with Gasteiger partial charge in [-0.1, -0.05) is 12.1 Å². The van der Waals surface area contributed by atoms with Crippen molar-refractivity contribution in [2.75, 3.05) is 19.0 Å². The van der Waals surface area contributed by atoms with E-state index in [0.717, 1.165) is 32.9 Å². The molecule has 0 spiro atoms. The zero-order valence-corrected chi connectivity index (χ0v) is 14.0. The lowest BCUT2D eigenvalue weighted by atomic mass is 10.1. The molecular weight excluding hydrogens is 332 g/mol. The van der Waals surface area contributed by atoms with E-state index in [2.05, 4.69) is 32.3 Å². The zero-order valence-electron chi connectivity index (χ0n) is 12.4. The van der Waals surface area contributed by atoms with Crippen molar-refractivity contribution in [1.29, 1.82) is 0 Å². The molecule has 112 valence electrons. The van der Waals surface area contributed by atoms with Crippen molar-refractivity contribution in [3.63, 3.8) is 0 Å². The van der Waals surface area contributed by atoms with Gasteiger partial charge in [0.15, 0.2) is 11.5 Å². The Morgan fingerprint density at radius 1 is 1.33 bits per heavy atom. The standard InChI is InChI=1S/C16H19BrN2O2/c1-4-21-14-7-5-6-12(15(14)20-3)9-18-13-8-11(2)16(17)19-10-13/h5-8,10,18H,4,9H2,1-3H3. The predicted molar refractivity (Wildman–Crippen MR) is 88.2 cm³/mol. The first kappa shape index (κ1) is 15.6. The average molecular weight is 351 g/mol. The van der Waals surface area contributed by atoms with Crippen LogP contribution in [0, 0.1) is 6.92 Å². The predicted octanol–water partition coefficient (Wildman–Crippen LogP) is 4.17. The van der Waals surface area contributed by atoms with Crippen LogP contribution in [-0.2, 0) is 6.54 Å². The third-order valence-electron chi connectivity index (χ3n) is 3.06. The number of pyridine rings is 1. The summed E-state index contributed by atoms with van der Waals surface area (Å²) in [4.78, 5) is 4.28. The van der Waals surface area contributed by atoms with Gasteiger partial charge in [0.2, 0.25) is 0 Å². The van der Waals surface area contributed by atoms with Gasteiger partial charge in [0, 0.05) is 12.1 Å². The van der Waals surface area contributed by atoms with Crippen LogP contribution in [0.1, 0.15) is 18.1 Å². The lowest BCUT2D eigenvalue weighted by Crippen LogP contribution is -2.04. The summed E-state index contributed by atoms with van der Waals surface area (Å²) in [6, 6.07) is 7.95. The minimum absolute atomic E-state index is 0.614. The second kappa shape index (κ2) is 7.31. The maximum Gasteiger partial charge on any atom is 0.165 e. The van der Waals surface area contributed by atoms with Crippen molar-refractivity contribution < 1.29 is 9.47 Å². The number of rotatable bonds is 6. The first-order chi connectivity index (χ1) is 10.2. The lowest BCUT2D eigenvalue weighted by Gasteiger charge is -2.14. The van der Waals surface area contributed by atoms with Crippen molar-refractivity contribution in [3.8, 4) is 11.5 Å². The van der Waals surface area contributed by atoms with Gasteiger partial charge in [-0.3, -0.25) is 0 Å². The lowest BCUT2D eigenvalue weighted by molar-refractivity contribution is 0.309. The van der Waals surface area contributed by atoms with Crippen molar-refractivity contribution >= 4 is 21.6 Å². The van der Waals surface area contributed by atoms with Gasteiger partial charge in [-0.15, -0.1) is 0 Å². The Balaban J connectivity index is 2.15. The fourth-order valence-electron chi connectivity index (χ4n) is 2.05. The molecule has 4 nitrogen and oxygen atoms in total. The van der Waals surface area contributed by atoms with E-state index in [1.54, 1.807) is 13.3 Å². The summed E-state index contributed by atoms with van der Waals surface area (Å²) >= 11 is 3.40. The van der Waals surface area contributed by atoms with E-state index in [0.29, 0.717) is 13.2 Å². The van der Waals surface area contributed by atoms with E-state index < -0.39 is 0 Å². The first-order valence-corrected chi connectivity index (χ1v) is 7.59. The van der Waals surface area contributed by atoms with Crippen LogP contribution in [-0.4, -0.2) is 18.7 Å². The Morgan fingerprint density at radius 2 is 2.14 bits per heavy atom. The summed E-state index contributed by atoms with van der Waals surface area (Å²) in [5.74, 6) is 1.54. The van der Waals surface area contributed by atoms with E-state index in [4.69, 9.17) is 9.47 Å². The molecule has 0 radical (unpaired) electrons. The molecule has 0 aliphatic rings. The molecule has 2 rings (SSSR count). The number of methoxy groups -OCH3 is 1. The summed E-state index contributed by atoms with van der Waals surface area (Å²) < 4.78 is 11.9. The third kappa shape index (κ3) is 3.88. The first-order valence-electron chi connectivity index (χ1n) is 6.80. The van der Waals surface area contributed by atoms with E-state index in [1.165, 1.54) is 0 Å². The van der Waals surface area contributed by atoms with Gasteiger partial charge in [0.1, 0.15) is 4.60 Å². The molecule has 1 N–H and O–H groups in total. The normalized spacial score (nSPS) is 10.3. The zero-order chi connectivity index (χ0) is 15.2. The molecule has 0 aliphatic carbocycles. The molecule has 0 amide bonds. The Hall–Kier alpha value is -1.75. The van der Waals surface area contributed by atoms with E-state index in [1.807, 2.05) is 32.0 Å². The van der Waals surface area contributed by atoms with Gasteiger partial charge < -0.3 is 14.8 Å². The number of benzene rings is 1. The van der Waals surface area contributed by atoms with Crippen LogP contribution < -0.4 is 14.8 Å². The van der Waals surface area contributed by atoms with Gasteiger partial charge in [-0.25, -0.2) is 4.98 Å². The number of hydrogen-bond donors (Lipinski definition) is 1. The number of hydrogen-bond acceptors (Lipinski definition) is 4. The van der Waals surface area contributed by atoms with Crippen molar-refractivity contribution in [1.82, 2.24) is 4.98 Å². The molecule has 0 bridgehead atoms. The highest BCUT2D eigenvalue weighted by molar-refractivity contribution is 9.10. The van der Waals surface area contributed by atoms with E-state index >= 15 is 0 Å². The molecule has 0 atom stereocenters. The molecule has 0 fully saturated rings. The number of para-hydroxylation sites is 1. The molecule has 0 saturated heterocycles. The van der Waals surface area contributed by atoms with Crippen LogP contribution in [0.25, 0.3) is 0 Å². The van der Waals surface area contributed by atoms with Gasteiger partial charge in [0.05, 0.1) is 25.6 Å². The minimum Gasteiger partial charge on any atom is -0.493 e. The molecule has 0 saturated carbocycles. The topological polar surface area (TPSA) is 43.4 Å². The molecule has 0 unspecified atom stereocenters. The number of aryl methyl sites for hydroxylation is 1. The molecule has 1 aromatic heterocycles. The fourth-order valence-corrected chi connectivity index (χ4v) is 2.27. The summed E-state index contributed by atoms with van der Waals surface area (Å²) in [7, 11) is 1.66. The van der Waals surface area contributed by atoms with E-state index in [-0.39, 0.29) is 0 Å². The highest BCUT2D eigenvalue weighted by Gasteiger charge is 2.09. The molecule has 0 aliphatic heterocycles. The van der Waals surface area contributed by atoms with Crippen LogP contribution in [0.2, 0.25) is 0 Å². The SMILES string of the molecule is CCOc1cccc(CNc2cnc(Br)c(C)c2)c1OC. The van der Waals surface area contributed by atoms with Crippen LogP contribution in [0.3, 0.4) is 0 Å². The van der Waals surface area contributed by atoms with Gasteiger partial charge in [-0.05, 0) is 47.5 Å². The van der Waals surface area contributed by atoms with Crippen molar-refractivity contribution in [2.45, 2.75) is 20.4 Å². The number of nitrogens with one attached hydrogen (secondary N) is 1. The quantitative estimate of drug-likeness (QED) is 0.794. The summed E-state index contributed by atoms with van der Waals surface area (Å²) in [6.07, 6.45) is 1.80. The van der Waals surface area contributed by atoms with Crippen LogP contribution in [0.15, 0.2) is 35.1 Å². The van der Waals surface area contributed by atoms with Crippen molar-refractivity contribution in [2.24, 2.45) is 0 Å². The second-order valence-corrected chi connectivity index (χ2v) is 5.32. The Labute approximate surface area is 133 Å². The molecule has 21 heavy (non-hydrogen) atoms. The number of halogens is 1. The summed E-state index contributed by atoms with van der Waals surface area (Å²) in [5.41, 5.74) is 3.11. The number of nitrogens with zero attached hydrogens (tertiary/aromatic N) is 1. The summed E-state index contributed by atoms with van der Waals surface area (Å²) in [6.45, 7) is 5.23. The Bertz CT molecular complexity index is 617. The highest BCUT2D eigenvalue weighted by Crippen LogP contribution is 2.31. The fraction of sp³-hybridized carbons (Fsp3) is 0.312. The highest BCUT2D eigenvalue weighted by atomic mass is 79.9. The molecule has 1 aromatic carbocycles. The number of aromatic nitrogens is 1. The summed E-state index contributed by atoms with van der Waals surface area (Å²) in [5, 5.41) is 3.35. The van der Waals surface area contributed by atoms with Gasteiger partial charge in [0.25, 0.3) is 0 Å². The average Bonchev–Trinajstić information content (AvgIpc) is 2.49. The molecule has 2 aromatic rings. The second-order valence-electron chi connectivity index (χ2n) is 4.57. The number of anilines is 1. The van der Waals surface area contributed by atoms with Crippen LogP contribution in [0.4, 0.5) is 5.69 Å². The Morgan fingerprint density at radius 3 is 2.81 bits per heavy atom. The Kier molecular flexibility index (Phi) is 5.44. The third-order valence-corrected chi connectivity index (χ3v) is 3.89. The smallest absolute Gasteiger partial charge is 0.165 e. The van der Waals surface area contributed by atoms with E-state index in [9.17, 15) is 0 Å². The molecular formula is C16H19BrN2O2. The minimum atomic E-state index is 0.614. The maximum atomic E-state index is 5.58. The van der Waals surface area contributed by atoms with Crippen LogP contribution >= 0.6 is 15.9 Å². The van der Waals surface area contributed by atoms with Gasteiger partial charge in [-0.2, -0.15) is 0 Å². The van der Waals surface area contributed by atoms with Crippen LogP contribution in [0.5, 0.6) is 11.5 Å². The molecule has 1 heterocycles. The van der Waals surface area contributed by atoms with Gasteiger partial charge >= 0.3 is 0 Å². The molecule has 5 heteroatoms. The maximum absolute atomic E-state index is 5.58.